The van der Waals surface area contributed by atoms with Crippen LogP contribution in [0.3, 0.4) is 0 Å². The number of thioether (sulfide) groups is 1. The highest BCUT2D eigenvalue weighted by Gasteiger charge is 2.25. The van der Waals surface area contributed by atoms with E-state index in [-0.39, 0.29) is 11.4 Å². The van der Waals surface area contributed by atoms with Crippen LogP contribution in [0.5, 0.6) is 5.75 Å². The van der Waals surface area contributed by atoms with Gasteiger partial charge in [0, 0.05) is 23.7 Å². The minimum atomic E-state index is -0.253. The molecule has 1 aliphatic rings. The third-order valence-corrected chi connectivity index (χ3v) is 8.19. The van der Waals surface area contributed by atoms with Crippen molar-refractivity contribution in [2.24, 2.45) is 0 Å². The summed E-state index contributed by atoms with van der Waals surface area (Å²) in [4.78, 5) is 23.2. The fraction of sp³-hybridized carbons (Fsp3) is 0.308. The Morgan fingerprint density at radius 3 is 2.68 bits per heavy atom. The summed E-state index contributed by atoms with van der Waals surface area (Å²) < 4.78 is 21.5. The van der Waals surface area contributed by atoms with Gasteiger partial charge >= 0.3 is 0 Å². The van der Waals surface area contributed by atoms with Crippen molar-refractivity contribution in [2.75, 3.05) is 19.7 Å². The van der Waals surface area contributed by atoms with E-state index in [0.717, 1.165) is 53.3 Å². The Hall–Kier alpha value is -2.68. The summed E-state index contributed by atoms with van der Waals surface area (Å²) in [5.74, 6) is 0.884. The van der Waals surface area contributed by atoms with E-state index in [9.17, 15) is 9.18 Å². The molecule has 0 N–H and O–H groups in total. The van der Waals surface area contributed by atoms with Crippen molar-refractivity contribution < 1.29 is 9.13 Å². The summed E-state index contributed by atoms with van der Waals surface area (Å²) in [5.41, 5.74) is 2.38. The second-order valence-electron chi connectivity index (χ2n) is 8.14. The van der Waals surface area contributed by atoms with Gasteiger partial charge in [0.05, 0.1) is 17.7 Å². The van der Waals surface area contributed by atoms with Crippen LogP contribution < -0.4 is 10.3 Å². The Labute approximate surface area is 206 Å². The van der Waals surface area contributed by atoms with Crippen molar-refractivity contribution in [3.63, 3.8) is 0 Å². The topological polar surface area (TPSA) is 47.4 Å². The second kappa shape index (κ2) is 9.90. The largest absolute Gasteiger partial charge is 0.494 e. The summed E-state index contributed by atoms with van der Waals surface area (Å²) in [6.07, 6.45) is 0.852. The molecule has 0 amide bonds. The first-order valence-electron chi connectivity index (χ1n) is 11.5. The molecule has 0 bridgehead atoms. The molecule has 0 atom stereocenters. The number of halogens is 1. The lowest BCUT2D eigenvalue weighted by molar-refractivity contribution is 0.272. The van der Waals surface area contributed by atoms with Crippen LogP contribution in [0.15, 0.2) is 58.5 Å². The number of aromatic nitrogens is 2. The van der Waals surface area contributed by atoms with Crippen LogP contribution in [0, 0.1) is 5.82 Å². The van der Waals surface area contributed by atoms with Gasteiger partial charge in [0.15, 0.2) is 5.16 Å². The Morgan fingerprint density at radius 1 is 1.15 bits per heavy atom. The molecule has 0 radical (unpaired) electrons. The lowest BCUT2D eigenvalue weighted by Gasteiger charge is -2.25. The molecule has 0 saturated carbocycles. The summed E-state index contributed by atoms with van der Waals surface area (Å²) in [6, 6.07) is 14.2. The summed E-state index contributed by atoms with van der Waals surface area (Å²) in [6.45, 7) is 7.46. The van der Waals surface area contributed by atoms with E-state index < -0.39 is 0 Å². The fourth-order valence-corrected chi connectivity index (χ4v) is 6.59. The van der Waals surface area contributed by atoms with Crippen molar-refractivity contribution in [2.45, 2.75) is 37.7 Å². The van der Waals surface area contributed by atoms with Crippen LogP contribution in [0.1, 0.15) is 29.9 Å². The standard InChI is InChI=1S/C26H26FN3O2S2/c1-3-29-14-13-20-22(15-29)34-24-23(20)25(31)30(18-9-11-19(12-10-18)32-4-2)26(28-24)33-16-17-7-5-6-8-21(17)27/h5-12H,3-4,13-16H2,1-2H3. The summed E-state index contributed by atoms with van der Waals surface area (Å²) in [5, 5.41) is 1.29. The number of hydrogen-bond donors (Lipinski definition) is 0. The quantitative estimate of drug-likeness (QED) is 0.245. The van der Waals surface area contributed by atoms with Gasteiger partial charge in [-0.3, -0.25) is 14.3 Å². The lowest BCUT2D eigenvalue weighted by Crippen LogP contribution is -2.30. The van der Waals surface area contributed by atoms with Crippen molar-refractivity contribution in [3.05, 3.63) is 80.7 Å². The van der Waals surface area contributed by atoms with Gasteiger partial charge in [-0.1, -0.05) is 36.9 Å². The maximum Gasteiger partial charge on any atom is 0.267 e. The van der Waals surface area contributed by atoms with Crippen LogP contribution >= 0.6 is 23.1 Å². The number of ether oxygens (including phenoxy) is 1. The zero-order valence-electron chi connectivity index (χ0n) is 19.2. The van der Waals surface area contributed by atoms with Gasteiger partial charge in [0.2, 0.25) is 0 Å². The highest BCUT2D eigenvalue weighted by atomic mass is 32.2. The number of rotatable bonds is 7. The van der Waals surface area contributed by atoms with Crippen LogP contribution in [-0.2, 0) is 18.7 Å². The Morgan fingerprint density at radius 2 is 1.94 bits per heavy atom. The first kappa shape index (κ1) is 23.1. The Balaban J connectivity index is 1.63. The Kier molecular flexibility index (Phi) is 6.72. The average molecular weight is 496 g/mol. The van der Waals surface area contributed by atoms with E-state index in [0.29, 0.717) is 23.1 Å². The number of likely N-dealkylation sites (N-methyl/N-ethyl adjacent to an activating group) is 1. The maximum absolute atomic E-state index is 14.3. The monoisotopic (exact) mass is 495 g/mol. The van der Waals surface area contributed by atoms with Gasteiger partial charge < -0.3 is 4.74 Å². The van der Waals surface area contributed by atoms with E-state index in [1.54, 1.807) is 28.0 Å². The van der Waals surface area contributed by atoms with Gasteiger partial charge in [-0.05, 0) is 61.3 Å². The van der Waals surface area contributed by atoms with E-state index in [2.05, 4.69) is 11.8 Å². The van der Waals surface area contributed by atoms with Crippen molar-refractivity contribution in [1.29, 1.82) is 0 Å². The molecule has 5 nitrogen and oxygen atoms in total. The van der Waals surface area contributed by atoms with E-state index in [1.165, 1.54) is 22.7 Å². The van der Waals surface area contributed by atoms with Gasteiger partial charge in [-0.15, -0.1) is 11.3 Å². The predicted molar refractivity (Wildman–Crippen MR) is 137 cm³/mol. The number of nitrogens with zero attached hydrogens (tertiary/aromatic N) is 3. The predicted octanol–water partition coefficient (Wildman–Crippen LogP) is 5.66. The molecular formula is C26H26FN3O2S2. The van der Waals surface area contributed by atoms with Crippen LogP contribution in [0.2, 0.25) is 0 Å². The molecule has 0 aliphatic carbocycles. The first-order valence-corrected chi connectivity index (χ1v) is 13.3. The van der Waals surface area contributed by atoms with Gasteiger partial charge in [0.1, 0.15) is 16.4 Å². The molecule has 2 aromatic heterocycles. The first-order chi connectivity index (χ1) is 16.6. The molecule has 176 valence electrons. The molecule has 4 aromatic rings. The summed E-state index contributed by atoms with van der Waals surface area (Å²) >= 11 is 2.99. The molecule has 5 rings (SSSR count). The summed E-state index contributed by atoms with van der Waals surface area (Å²) in [7, 11) is 0. The molecule has 1 aliphatic heterocycles. The van der Waals surface area contributed by atoms with Gasteiger partial charge in [-0.25, -0.2) is 9.37 Å². The molecule has 0 unspecified atom stereocenters. The highest BCUT2D eigenvalue weighted by molar-refractivity contribution is 7.98. The average Bonchev–Trinajstić information content (AvgIpc) is 3.22. The van der Waals surface area contributed by atoms with E-state index >= 15 is 0 Å². The molecule has 3 heterocycles. The van der Waals surface area contributed by atoms with Gasteiger partial charge in [0.25, 0.3) is 5.56 Å². The SMILES string of the molecule is CCOc1ccc(-n2c(SCc3ccccc3F)nc3sc4c(c3c2=O)CCN(CC)C4)cc1. The van der Waals surface area contributed by atoms with Crippen LogP contribution in [0.25, 0.3) is 15.9 Å². The number of benzene rings is 2. The van der Waals surface area contributed by atoms with Gasteiger partial charge in [-0.2, -0.15) is 0 Å². The molecule has 0 spiro atoms. The minimum Gasteiger partial charge on any atom is -0.494 e. The number of hydrogen-bond acceptors (Lipinski definition) is 6. The zero-order chi connectivity index (χ0) is 23.7. The molecule has 0 fully saturated rings. The zero-order valence-corrected chi connectivity index (χ0v) is 20.8. The third kappa shape index (κ3) is 4.37. The van der Waals surface area contributed by atoms with Crippen molar-refractivity contribution >= 4 is 33.3 Å². The maximum atomic E-state index is 14.3. The molecule has 0 saturated heterocycles. The number of thiophene rings is 1. The smallest absolute Gasteiger partial charge is 0.267 e. The molecule has 2 aromatic carbocycles. The molecule has 34 heavy (non-hydrogen) atoms. The van der Waals surface area contributed by atoms with E-state index in [4.69, 9.17) is 9.72 Å². The Bertz CT molecular complexity index is 1380. The third-order valence-electron chi connectivity index (χ3n) is 6.09. The highest BCUT2D eigenvalue weighted by Crippen LogP contribution is 2.35. The molecular weight excluding hydrogens is 469 g/mol. The number of fused-ring (bicyclic) bond motifs is 3. The van der Waals surface area contributed by atoms with Crippen molar-refractivity contribution in [1.82, 2.24) is 14.5 Å². The fourth-order valence-electron chi connectivity index (χ4n) is 4.29. The van der Waals surface area contributed by atoms with E-state index in [1.807, 2.05) is 37.3 Å². The minimum absolute atomic E-state index is 0.0624. The van der Waals surface area contributed by atoms with Crippen LogP contribution in [0.4, 0.5) is 4.39 Å². The van der Waals surface area contributed by atoms with Crippen LogP contribution in [-0.4, -0.2) is 34.1 Å². The second-order valence-corrected chi connectivity index (χ2v) is 10.2. The van der Waals surface area contributed by atoms with Crippen molar-refractivity contribution in [3.8, 4) is 11.4 Å². The normalized spacial score (nSPS) is 13.9. The lowest BCUT2D eigenvalue weighted by atomic mass is 10.1. The molecule has 8 heteroatoms.